The van der Waals surface area contributed by atoms with E-state index in [0.29, 0.717) is 31.7 Å². The van der Waals surface area contributed by atoms with Gasteiger partial charge < -0.3 is 15.4 Å². The highest BCUT2D eigenvalue weighted by atomic mass is 19.1. The van der Waals surface area contributed by atoms with Crippen molar-refractivity contribution < 1.29 is 13.9 Å². The molecule has 0 saturated heterocycles. The van der Waals surface area contributed by atoms with Crippen molar-refractivity contribution in [1.29, 1.82) is 0 Å². The van der Waals surface area contributed by atoms with E-state index in [0.717, 1.165) is 0 Å². The number of carbonyl (C=O) groups excluding carboxylic acids is 1. The van der Waals surface area contributed by atoms with Crippen molar-refractivity contribution >= 4 is 5.91 Å². The van der Waals surface area contributed by atoms with Gasteiger partial charge in [-0.05, 0) is 25.5 Å². The van der Waals surface area contributed by atoms with Crippen LogP contribution in [0, 0.1) is 5.82 Å². The Morgan fingerprint density at radius 2 is 2.26 bits per heavy atom. The first-order valence-corrected chi connectivity index (χ1v) is 6.37. The van der Waals surface area contributed by atoms with Crippen LogP contribution < -0.4 is 10.5 Å². The standard InChI is InChI=1S/C14H21FN2O2/c1-11(16)6-7-14(18)17(2)8-9-19-13-5-3-4-12(15)10-13/h3-5,10-11H,6-9,16H2,1-2H3. The SMILES string of the molecule is CC(N)CCC(=O)N(C)CCOc1cccc(F)c1. The number of ether oxygens (including phenoxy) is 1. The Kier molecular flexibility index (Phi) is 6.29. The molecule has 0 saturated carbocycles. The van der Waals surface area contributed by atoms with E-state index < -0.39 is 0 Å². The molecule has 1 unspecified atom stereocenters. The molecule has 0 heterocycles. The van der Waals surface area contributed by atoms with Gasteiger partial charge in [-0.3, -0.25) is 4.79 Å². The third-order valence-corrected chi connectivity index (χ3v) is 2.73. The van der Waals surface area contributed by atoms with Gasteiger partial charge in [-0.15, -0.1) is 0 Å². The molecule has 0 aliphatic rings. The lowest BCUT2D eigenvalue weighted by atomic mass is 10.2. The minimum Gasteiger partial charge on any atom is -0.492 e. The Hall–Kier alpha value is -1.62. The molecule has 1 aromatic rings. The third-order valence-electron chi connectivity index (χ3n) is 2.73. The van der Waals surface area contributed by atoms with Crippen molar-refractivity contribution in [1.82, 2.24) is 4.90 Å². The summed E-state index contributed by atoms with van der Waals surface area (Å²) in [5, 5.41) is 0. The Labute approximate surface area is 113 Å². The molecule has 1 atom stereocenters. The summed E-state index contributed by atoms with van der Waals surface area (Å²) < 4.78 is 18.3. The van der Waals surface area contributed by atoms with Gasteiger partial charge in [0.05, 0.1) is 6.54 Å². The van der Waals surface area contributed by atoms with E-state index in [1.54, 1.807) is 24.1 Å². The topological polar surface area (TPSA) is 55.6 Å². The zero-order chi connectivity index (χ0) is 14.3. The number of benzene rings is 1. The molecule has 1 amide bonds. The van der Waals surface area contributed by atoms with Crippen LogP contribution in [0.15, 0.2) is 24.3 Å². The highest BCUT2D eigenvalue weighted by Crippen LogP contribution is 2.11. The fourth-order valence-corrected chi connectivity index (χ4v) is 1.52. The Bertz CT molecular complexity index is 410. The summed E-state index contributed by atoms with van der Waals surface area (Å²) in [6, 6.07) is 5.97. The van der Waals surface area contributed by atoms with Crippen LogP contribution in [-0.4, -0.2) is 37.0 Å². The molecule has 2 N–H and O–H groups in total. The lowest BCUT2D eigenvalue weighted by molar-refractivity contribution is -0.130. The fourth-order valence-electron chi connectivity index (χ4n) is 1.52. The van der Waals surface area contributed by atoms with Crippen molar-refractivity contribution in [2.24, 2.45) is 5.73 Å². The van der Waals surface area contributed by atoms with Gasteiger partial charge in [0.2, 0.25) is 5.91 Å². The first-order chi connectivity index (χ1) is 8.99. The third kappa shape index (κ3) is 6.20. The molecule has 19 heavy (non-hydrogen) atoms. The van der Waals surface area contributed by atoms with Gasteiger partial charge >= 0.3 is 0 Å². The van der Waals surface area contributed by atoms with Gasteiger partial charge in [0.15, 0.2) is 0 Å². The summed E-state index contributed by atoms with van der Waals surface area (Å²) in [5.41, 5.74) is 5.60. The summed E-state index contributed by atoms with van der Waals surface area (Å²) in [6.07, 6.45) is 1.11. The molecule has 1 aromatic carbocycles. The lowest BCUT2D eigenvalue weighted by Crippen LogP contribution is -2.31. The smallest absolute Gasteiger partial charge is 0.222 e. The first kappa shape index (κ1) is 15.4. The van der Waals surface area contributed by atoms with Crippen molar-refractivity contribution in [2.75, 3.05) is 20.2 Å². The fraction of sp³-hybridized carbons (Fsp3) is 0.500. The second-order valence-corrected chi connectivity index (χ2v) is 4.64. The number of nitrogens with zero attached hydrogens (tertiary/aromatic N) is 1. The predicted octanol–water partition coefficient (Wildman–Crippen LogP) is 1.79. The first-order valence-electron chi connectivity index (χ1n) is 6.37. The zero-order valence-corrected chi connectivity index (χ0v) is 11.4. The van der Waals surface area contributed by atoms with E-state index in [-0.39, 0.29) is 17.8 Å². The summed E-state index contributed by atoms with van der Waals surface area (Å²) in [4.78, 5) is 13.3. The summed E-state index contributed by atoms with van der Waals surface area (Å²) in [7, 11) is 1.72. The number of likely N-dealkylation sites (N-methyl/N-ethyl adjacent to an activating group) is 1. The van der Waals surface area contributed by atoms with E-state index in [4.69, 9.17) is 10.5 Å². The van der Waals surface area contributed by atoms with Crippen LogP contribution in [0.3, 0.4) is 0 Å². The van der Waals surface area contributed by atoms with Gasteiger partial charge in [0.25, 0.3) is 0 Å². The number of halogens is 1. The average Bonchev–Trinajstić information content (AvgIpc) is 2.35. The Balaban J connectivity index is 2.26. The Morgan fingerprint density at radius 3 is 2.89 bits per heavy atom. The lowest BCUT2D eigenvalue weighted by Gasteiger charge is -2.18. The normalized spacial score (nSPS) is 12.0. The maximum atomic E-state index is 12.9. The minimum absolute atomic E-state index is 0.0286. The van der Waals surface area contributed by atoms with E-state index in [2.05, 4.69) is 0 Å². The van der Waals surface area contributed by atoms with E-state index in [9.17, 15) is 9.18 Å². The summed E-state index contributed by atoms with van der Waals surface area (Å²) in [6.45, 7) is 2.68. The molecule has 0 aliphatic heterocycles. The van der Waals surface area contributed by atoms with Crippen molar-refractivity contribution in [3.8, 4) is 5.75 Å². The van der Waals surface area contributed by atoms with E-state index in [1.807, 2.05) is 6.92 Å². The van der Waals surface area contributed by atoms with Crippen LogP contribution in [0.5, 0.6) is 5.75 Å². The molecule has 1 rings (SSSR count). The second kappa shape index (κ2) is 7.74. The average molecular weight is 268 g/mol. The summed E-state index contributed by atoms with van der Waals surface area (Å²) in [5.74, 6) is 0.176. The number of rotatable bonds is 7. The maximum Gasteiger partial charge on any atom is 0.222 e. The molecule has 106 valence electrons. The van der Waals surface area contributed by atoms with Crippen LogP contribution in [0.25, 0.3) is 0 Å². The molecular formula is C14H21FN2O2. The molecule has 4 nitrogen and oxygen atoms in total. The zero-order valence-electron chi connectivity index (χ0n) is 11.4. The molecule has 0 radical (unpaired) electrons. The number of hydrogen-bond donors (Lipinski definition) is 1. The summed E-state index contributed by atoms with van der Waals surface area (Å²) >= 11 is 0. The van der Waals surface area contributed by atoms with Crippen LogP contribution in [0.4, 0.5) is 4.39 Å². The van der Waals surface area contributed by atoms with Gasteiger partial charge in [0.1, 0.15) is 18.2 Å². The van der Waals surface area contributed by atoms with Crippen molar-refractivity contribution in [2.45, 2.75) is 25.8 Å². The number of hydrogen-bond acceptors (Lipinski definition) is 3. The monoisotopic (exact) mass is 268 g/mol. The predicted molar refractivity (Wildman–Crippen MR) is 72.4 cm³/mol. The number of amides is 1. The van der Waals surface area contributed by atoms with Crippen LogP contribution >= 0.6 is 0 Å². The molecule has 0 bridgehead atoms. The van der Waals surface area contributed by atoms with Gasteiger partial charge in [-0.25, -0.2) is 4.39 Å². The largest absolute Gasteiger partial charge is 0.492 e. The molecule has 5 heteroatoms. The second-order valence-electron chi connectivity index (χ2n) is 4.64. The van der Waals surface area contributed by atoms with Crippen LogP contribution in [0.2, 0.25) is 0 Å². The molecule has 0 fully saturated rings. The van der Waals surface area contributed by atoms with Gasteiger partial charge in [-0.1, -0.05) is 6.07 Å². The van der Waals surface area contributed by atoms with E-state index in [1.165, 1.54) is 12.1 Å². The number of nitrogens with two attached hydrogens (primary N) is 1. The van der Waals surface area contributed by atoms with Crippen molar-refractivity contribution in [3.63, 3.8) is 0 Å². The van der Waals surface area contributed by atoms with Gasteiger partial charge in [-0.2, -0.15) is 0 Å². The molecule has 0 aliphatic carbocycles. The van der Waals surface area contributed by atoms with Crippen molar-refractivity contribution in [3.05, 3.63) is 30.1 Å². The number of carbonyl (C=O) groups is 1. The highest BCUT2D eigenvalue weighted by molar-refractivity contribution is 5.75. The van der Waals surface area contributed by atoms with E-state index >= 15 is 0 Å². The van der Waals surface area contributed by atoms with Gasteiger partial charge in [0, 0.05) is 25.6 Å². The van der Waals surface area contributed by atoms with Crippen LogP contribution in [-0.2, 0) is 4.79 Å². The Morgan fingerprint density at radius 1 is 1.53 bits per heavy atom. The highest BCUT2D eigenvalue weighted by Gasteiger charge is 2.09. The molecule has 0 aromatic heterocycles. The quantitative estimate of drug-likeness (QED) is 0.820. The van der Waals surface area contributed by atoms with Crippen LogP contribution in [0.1, 0.15) is 19.8 Å². The maximum absolute atomic E-state index is 12.9. The molecular weight excluding hydrogens is 247 g/mol. The molecule has 0 spiro atoms. The minimum atomic E-state index is -0.334.